The van der Waals surface area contributed by atoms with Gasteiger partial charge in [0, 0.05) is 42.8 Å². The molecule has 0 aliphatic carbocycles. The molecule has 2 aromatic rings. The van der Waals surface area contributed by atoms with Crippen LogP contribution in [0.25, 0.3) is 0 Å². The van der Waals surface area contributed by atoms with E-state index in [0.717, 1.165) is 11.6 Å². The van der Waals surface area contributed by atoms with Crippen molar-refractivity contribution in [1.82, 2.24) is 15.1 Å². The van der Waals surface area contributed by atoms with E-state index in [1.165, 1.54) is 18.2 Å². The molecule has 0 atom stereocenters. The van der Waals surface area contributed by atoms with Crippen LogP contribution in [-0.2, 0) is 18.3 Å². The van der Waals surface area contributed by atoms with Crippen molar-refractivity contribution in [1.29, 1.82) is 0 Å². The molecule has 1 saturated heterocycles. The molecule has 1 N–H and O–H groups in total. The van der Waals surface area contributed by atoms with E-state index in [2.05, 4.69) is 5.32 Å². The fourth-order valence-corrected chi connectivity index (χ4v) is 4.97. The molecule has 31 heavy (non-hydrogen) atoms. The van der Waals surface area contributed by atoms with E-state index in [1.807, 2.05) is 0 Å². The summed E-state index contributed by atoms with van der Waals surface area (Å²) < 4.78 is 39.5. The molecule has 0 radical (unpaired) electrons. The third kappa shape index (κ3) is 3.63. The van der Waals surface area contributed by atoms with Crippen molar-refractivity contribution in [2.24, 2.45) is 0 Å². The summed E-state index contributed by atoms with van der Waals surface area (Å²) in [7, 11) is 1.74. The summed E-state index contributed by atoms with van der Waals surface area (Å²) >= 11 is 6.43. The van der Waals surface area contributed by atoms with Crippen LogP contribution in [0.3, 0.4) is 0 Å². The Morgan fingerprint density at radius 2 is 1.81 bits per heavy atom. The van der Waals surface area contributed by atoms with E-state index < -0.39 is 23.3 Å². The monoisotopic (exact) mass is 451 g/mol. The smallest absolute Gasteiger partial charge is 0.334 e. The fourth-order valence-electron chi connectivity index (χ4n) is 4.62. The minimum absolute atomic E-state index is 0.0126. The molecule has 2 aliphatic rings. The van der Waals surface area contributed by atoms with Crippen LogP contribution < -0.4 is 5.32 Å². The minimum atomic E-state index is -4.48. The summed E-state index contributed by atoms with van der Waals surface area (Å²) in [5, 5.41) is 3.12. The second kappa shape index (κ2) is 7.75. The highest BCUT2D eigenvalue weighted by Gasteiger charge is 2.50. The lowest BCUT2D eigenvalue weighted by Gasteiger charge is -2.44. The Bertz CT molecular complexity index is 1030. The van der Waals surface area contributed by atoms with Crippen LogP contribution in [0.1, 0.15) is 39.9 Å². The van der Waals surface area contributed by atoms with Crippen molar-refractivity contribution < 1.29 is 22.8 Å². The predicted octanol–water partition coefficient (Wildman–Crippen LogP) is 4.65. The van der Waals surface area contributed by atoms with Crippen LogP contribution in [0.15, 0.2) is 42.5 Å². The molecule has 0 unspecified atom stereocenters. The first-order valence-electron chi connectivity index (χ1n) is 9.90. The molecule has 5 nitrogen and oxygen atoms in total. The summed E-state index contributed by atoms with van der Waals surface area (Å²) in [6.07, 6.45) is -3.48. The Hall–Kier alpha value is -2.74. The Morgan fingerprint density at radius 3 is 2.48 bits per heavy atom. The van der Waals surface area contributed by atoms with Crippen molar-refractivity contribution in [2.45, 2.75) is 31.1 Å². The Labute approximate surface area is 182 Å². The average Bonchev–Trinajstić information content (AvgIpc) is 2.95. The van der Waals surface area contributed by atoms with Gasteiger partial charge in [0.15, 0.2) is 0 Å². The fraction of sp³-hybridized carbons (Fsp3) is 0.364. The van der Waals surface area contributed by atoms with Gasteiger partial charge in [0.1, 0.15) is 0 Å². The number of amides is 3. The molecule has 2 heterocycles. The Morgan fingerprint density at radius 1 is 1.13 bits per heavy atom. The van der Waals surface area contributed by atoms with E-state index in [1.54, 1.807) is 35.0 Å². The quantitative estimate of drug-likeness (QED) is 0.723. The van der Waals surface area contributed by atoms with Gasteiger partial charge in [-0.2, -0.15) is 13.2 Å². The molecule has 1 spiro atoms. The number of likely N-dealkylation sites (tertiary alicyclic amines) is 1. The molecule has 0 aromatic heterocycles. The van der Waals surface area contributed by atoms with Gasteiger partial charge in [0.25, 0.3) is 5.91 Å². The van der Waals surface area contributed by atoms with Gasteiger partial charge in [-0.05, 0) is 36.6 Å². The standard InChI is InChI=1S/C22H21ClF3N3O2/c1-28-19(30)15-6-4-8-17(23)18(15)21(28)9-11-29(12-10-21)20(31)27-13-14-5-2-3-7-16(14)22(24,25)26/h2-8H,9-13H2,1H3,(H,27,31). The third-order valence-electron chi connectivity index (χ3n) is 6.29. The number of urea groups is 1. The molecule has 164 valence electrons. The summed E-state index contributed by atoms with van der Waals surface area (Å²) in [4.78, 5) is 28.6. The number of hydrogen-bond donors (Lipinski definition) is 1. The molecule has 0 saturated carbocycles. The van der Waals surface area contributed by atoms with Gasteiger partial charge in [-0.3, -0.25) is 4.79 Å². The van der Waals surface area contributed by atoms with Gasteiger partial charge in [0.2, 0.25) is 0 Å². The number of alkyl halides is 3. The van der Waals surface area contributed by atoms with Crippen molar-refractivity contribution in [3.8, 4) is 0 Å². The van der Waals surface area contributed by atoms with Crippen LogP contribution >= 0.6 is 11.6 Å². The molecule has 2 aromatic carbocycles. The van der Waals surface area contributed by atoms with Crippen molar-refractivity contribution in [3.63, 3.8) is 0 Å². The highest BCUT2D eigenvalue weighted by atomic mass is 35.5. The van der Waals surface area contributed by atoms with Crippen molar-refractivity contribution >= 4 is 23.5 Å². The predicted molar refractivity (Wildman–Crippen MR) is 110 cm³/mol. The number of rotatable bonds is 2. The number of nitrogens with one attached hydrogen (secondary N) is 1. The van der Waals surface area contributed by atoms with Gasteiger partial charge >= 0.3 is 12.2 Å². The molecular weight excluding hydrogens is 431 g/mol. The van der Waals surface area contributed by atoms with Gasteiger partial charge in [-0.15, -0.1) is 0 Å². The Balaban J connectivity index is 1.45. The van der Waals surface area contributed by atoms with Crippen LogP contribution in [0.5, 0.6) is 0 Å². The maximum absolute atomic E-state index is 13.2. The lowest BCUT2D eigenvalue weighted by molar-refractivity contribution is -0.138. The highest BCUT2D eigenvalue weighted by Crippen LogP contribution is 2.48. The largest absolute Gasteiger partial charge is 0.416 e. The van der Waals surface area contributed by atoms with Crippen LogP contribution in [0.4, 0.5) is 18.0 Å². The number of piperidine rings is 1. The van der Waals surface area contributed by atoms with Crippen LogP contribution in [0, 0.1) is 0 Å². The highest BCUT2D eigenvalue weighted by molar-refractivity contribution is 6.32. The number of halogens is 4. The maximum atomic E-state index is 13.2. The molecule has 1 fully saturated rings. The number of nitrogens with zero attached hydrogens (tertiary/aromatic N) is 2. The van der Waals surface area contributed by atoms with E-state index in [9.17, 15) is 22.8 Å². The average molecular weight is 452 g/mol. The van der Waals surface area contributed by atoms with Crippen molar-refractivity contribution in [3.05, 3.63) is 69.7 Å². The number of carbonyl (C=O) groups is 2. The maximum Gasteiger partial charge on any atom is 0.416 e. The van der Waals surface area contributed by atoms with Crippen LogP contribution in [-0.4, -0.2) is 41.9 Å². The van der Waals surface area contributed by atoms with Crippen LogP contribution in [0.2, 0.25) is 5.02 Å². The van der Waals surface area contributed by atoms with Gasteiger partial charge in [-0.25, -0.2) is 4.79 Å². The SMILES string of the molecule is CN1C(=O)c2cccc(Cl)c2C12CCN(C(=O)NCc1ccccc1C(F)(F)F)CC2. The van der Waals surface area contributed by atoms with Gasteiger partial charge in [0.05, 0.1) is 11.1 Å². The van der Waals surface area contributed by atoms with E-state index in [0.29, 0.717) is 36.5 Å². The normalized spacial score (nSPS) is 17.8. The number of benzene rings is 2. The number of fused-ring (bicyclic) bond motifs is 2. The minimum Gasteiger partial charge on any atom is -0.334 e. The molecule has 0 bridgehead atoms. The summed E-state index contributed by atoms with van der Waals surface area (Å²) in [6, 6.07) is 10.0. The zero-order chi connectivity index (χ0) is 22.4. The van der Waals surface area contributed by atoms with E-state index >= 15 is 0 Å². The molecule has 3 amide bonds. The second-order valence-corrected chi connectivity index (χ2v) is 8.27. The third-order valence-corrected chi connectivity index (χ3v) is 6.60. The lowest BCUT2D eigenvalue weighted by Crippen LogP contribution is -2.53. The molecule has 2 aliphatic heterocycles. The molecular formula is C22H21ClF3N3O2. The first-order chi connectivity index (χ1) is 14.6. The molecule has 9 heteroatoms. The molecule has 4 rings (SSSR count). The van der Waals surface area contributed by atoms with Gasteiger partial charge < -0.3 is 15.1 Å². The zero-order valence-electron chi connectivity index (χ0n) is 16.8. The van der Waals surface area contributed by atoms with E-state index in [-0.39, 0.29) is 18.0 Å². The topological polar surface area (TPSA) is 52.7 Å². The first kappa shape index (κ1) is 21.5. The summed E-state index contributed by atoms with van der Waals surface area (Å²) in [5.74, 6) is -0.0980. The second-order valence-electron chi connectivity index (χ2n) is 7.86. The van der Waals surface area contributed by atoms with Crippen molar-refractivity contribution in [2.75, 3.05) is 20.1 Å². The Kier molecular flexibility index (Phi) is 5.37. The summed E-state index contributed by atoms with van der Waals surface area (Å²) in [5.41, 5.74) is 0.0497. The lowest BCUT2D eigenvalue weighted by atomic mass is 9.81. The summed E-state index contributed by atoms with van der Waals surface area (Å²) in [6.45, 7) is 0.493. The zero-order valence-corrected chi connectivity index (χ0v) is 17.6. The van der Waals surface area contributed by atoms with E-state index in [4.69, 9.17) is 11.6 Å². The van der Waals surface area contributed by atoms with Gasteiger partial charge in [-0.1, -0.05) is 35.9 Å². The number of hydrogen-bond acceptors (Lipinski definition) is 2. The first-order valence-corrected chi connectivity index (χ1v) is 10.3. The number of carbonyl (C=O) groups excluding carboxylic acids is 2.